The fourth-order valence-corrected chi connectivity index (χ4v) is 3.08. The topological polar surface area (TPSA) is 54.7 Å². The van der Waals surface area contributed by atoms with Gasteiger partial charge < -0.3 is 10.7 Å². The van der Waals surface area contributed by atoms with Crippen LogP contribution in [0.2, 0.25) is 0 Å². The van der Waals surface area contributed by atoms with E-state index in [4.69, 9.17) is 5.73 Å². The number of benzene rings is 1. The summed E-state index contributed by atoms with van der Waals surface area (Å²) in [6, 6.07) is 8.29. The number of nitrogens with one attached hydrogen (secondary N) is 1. The van der Waals surface area contributed by atoms with Crippen LogP contribution in [0, 0.1) is 5.92 Å². The Morgan fingerprint density at radius 1 is 1.25 bits per heavy atom. The third kappa shape index (κ3) is 2.34. The minimum atomic E-state index is -0.0322. The molecule has 0 amide bonds. The van der Waals surface area contributed by atoms with Crippen molar-refractivity contribution in [2.75, 3.05) is 0 Å². The molecule has 1 aromatic carbocycles. The zero-order chi connectivity index (χ0) is 14.3. The first kappa shape index (κ1) is 13.6. The van der Waals surface area contributed by atoms with Gasteiger partial charge in [-0.3, -0.25) is 4.98 Å². The highest BCUT2D eigenvalue weighted by Gasteiger charge is 2.16. The van der Waals surface area contributed by atoms with Crippen molar-refractivity contribution in [1.82, 2.24) is 9.97 Å². The number of nitrogens with two attached hydrogens (primary N) is 1. The number of fused-ring (bicyclic) bond motifs is 3. The van der Waals surface area contributed by atoms with Gasteiger partial charge >= 0.3 is 0 Å². The number of halogens is 1. The van der Waals surface area contributed by atoms with Crippen LogP contribution >= 0.6 is 15.9 Å². The van der Waals surface area contributed by atoms with Crippen molar-refractivity contribution < 1.29 is 0 Å². The summed E-state index contributed by atoms with van der Waals surface area (Å²) >= 11 is 3.51. The minimum Gasteiger partial charge on any atom is -0.353 e. The molecule has 3 N–H and O–H groups in total. The van der Waals surface area contributed by atoms with Crippen LogP contribution in [0.3, 0.4) is 0 Å². The molecule has 104 valence electrons. The lowest BCUT2D eigenvalue weighted by Crippen LogP contribution is -2.14. The molecule has 0 aliphatic carbocycles. The Balaban J connectivity index is 2.21. The molecule has 1 atom stereocenters. The monoisotopic (exact) mass is 331 g/mol. The summed E-state index contributed by atoms with van der Waals surface area (Å²) in [4.78, 5) is 7.98. The van der Waals surface area contributed by atoms with Crippen LogP contribution in [0.4, 0.5) is 0 Å². The number of nitrogens with zero attached hydrogens (tertiary/aromatic N) is 1. The molecule has 3 rings (SSSR count). The molecular weight excluding hydrogens is 314 g/mol. The Morgan fingerprint density at radius 2 is 2.05 bits per heavy atom. The number of hydrogen-bond acceptors (Lipinski definition) is 2. The summed E-state index contributed by atoms with van der Waals surface area (Å²) in [6.07, 6.45) is 2.79. The second kappa shape index (κ2) is 5.19. The van der Waals surface area contributed by atoms with E-state index in [1.165, 1.54) is 10.8 Å². The molecule has 0 fully saturated rings. The molecule has 0 saturated carbocycles. The average molecular weight is 332 g/mol. The Labute approximate surface area is 126 Å². The van der Waals surface area contributed by atoms with Crippen LogP contribution in [0.1, 0.15) is 32.0 Å². The predicted molar refractivity (Wildman–Crippen MR) is 87.7 cm³/mol. The summed E-state index contributed by atoms with van der Waals surface area (Å²) < 4.78 is 1.07. The SMILES string of the molecule is CC(C)CC(N)c1nccc2c1[nH]c1cc(Br)ccc12. The van der Waals surface area contributed by atoms with Gasteiger partial charge in [-0.05, 0) is 30.5 Å². The molecule has 0 aliphatic rings. The first-order valence-electron chi connectivity index (χ1n) is 6.87. The van der Waals surface area contributed by atoms with E-state index in [9.17, 15) is 0 Å². The molecular formula is C16H18BrN3. The Kier molecular flexibility index (Phi) is 3.52. The van der Waals surface area contributed by atoms with Crippen LogP contribution in [0.25, 0.3) is 21.8 Å². The van der Waals surface area contributed by atoms with Gasteiger partial charge in [-0.1, -0.05) is 35.8 Å². The molecule has 3 aromatic rings. The van der Waals surface area contributed by atoms with E-state index in [1.807, 2.05) is 12.3 Å². The van der Waals surface area contributed by atoms with E-state index >= 15 is 0 Å². The van der Waals surface area contributed by atoms with Gasteiger partial charge in [0.2, 0.25) is 0 Å². The predicted octanol–water partition coefficient (Wildman–Crippen LogP) is 4.52. The zero-order valence-corrected chi connectivity index (χ0v) is 13.2. The summed E-state index contributed by atoms with van der Waals surface area (Å²) in [7, 11) is 0. The van der Waals surface area contributed by atoms with Crippen molar-refractivity contribution in [2.24, 2.45) is 11.7 Å². The van der Waals surface area contributed by atoms with Gasteiger partial charge in [-0.2, -0.15) is 0 Å². The van der Waals surface area contributed by atoms with Crippen LogP contribution in [-0.2, 0) is 0 Å². The lowest BCUT2D eigenvalue weighted by molar-refractivity contribution is 0.504. The summed E-state index contributed by atoms with van der Waals surface area (Å²) in [5, 5.41) is 2.40. The van der Waals surface area contributed by atoms with E-state index in [1.54, 1.807) is 0 Å². The molecule has 20 heavy (non-hydrogen) atoms. The van der Waals surface area contributed by atoms with Crippen LogP contribution < -0.4 is 5.73 Å². The Morgan fingerprint density at radius 3 is 2.80 bits per heavy atom. The lowest BCUT2D eigenvalue weighted by atomic mass is 10.0. The number of H-pyrrole nitrogens is 1. The van der Waals surface area contributed by atoms with Gasteiger partial charge in [0.15, 0.2) is 0 Å². The fraction of sp³-hybridized carbons (Fsp3) is 0.312. The summed E-state index contributed by atoms with van der Waals surface area (Å²) in [5.41, 5.74) is 9.46. The Bertz CT molecular complexity index is 761. The highest BCUT2D eigenvalue weighted by Crippen LogP contribution is 2.31. The molecule has 0 aliphatic heterocycles. The quantitative estimate of drug-likeness (QED) is 0.741. The third-order valence-corrected chi connectivity index (χ3v) is 4.08. The lowest BCUT2D eigenvalue weighted by Gasteiger charge is -2.14. The van der Waals surface area contributed by atoms with E-state index in [0.717, 1.165) is 27.6 Å². The normalized spacial score (nSPS) is 13.4. The molecule has 0 bridgehead atoms. The van der Waals surface area contributed by atoms with E-state index in [0.29, 0.717) is 5.92 Å². The highest BCUT2D eigenvalue weighted by atomic mass is 79.9. The highest BCUT2D eigenvalue weighted by molar-refractivity contribution is 9.10. The van der Waals surface area contributed by atoms with Crippen LogP contribution in [-0.4, -0.2) is 9.97 Å². The van der Waals surface area contributed by atoms with Crippen molar-refractivity contribution in [3.8, 4) is 0 Å². The zero-order valence-electron chi connectivity index (χ0n) is 11.7. The Hall–Kier alpha value is -1.39. The van der Waals surface area contributed by atoms with E-state index < -0.39 is 0 Å². The minimum absolute atomic E-state index is 0.0322. The number of aromatic nitrogens is 2. The van der Waals surface area contributed by atoms with Crippen molar-refractivity contribution in [2.45, 2.75) is 26.3 Å². The fourth-order valence-electron chi connectivity index (χ4n) is 2.72. The molecule has 2 aromatic heterocycles. The average Bonchev–Trinajstić information content (AvgIpc) is 2.74. The largest absolute Gasteiger partial charge is 0.353 e. The van der Waals surface area contributed by atoms with Gasteiger partial charge in [0.05, 0.1) is 11.2 Å². The maximum atomic E-state index is 6.32. The number of aromatic amines is 1. The maximum Gasteiger partial charge on any atom is 0.0811 e. The van der Waals surface area contributed by atoms with Gasteiger partial charge in [-0.25, -0.2) is 0 Å². The first-order valence-corrected chi connectivity index (χ1v) is 7.67. The molecule has 2 heterocycles. The van der Waals surface area contributed by atoms with E-state index in [-0.39, 0.29) is 6.04 Å². The number of hydrogen-bond donors (Lipinski definition) is 2. The summed E-state index contributed by atoms with van der Waals surface area (Å²) in [5.74, 6) is 0.556. The van der Waals surface area contributed by atoms with E-state index in [2.05, 4.69) is 57.9 Å². The standard InChI is InChI=1S/C16H18BrN3/c1-9(2)7-13(18)16-15-12(5-6-19-16)11-4-3-10(17)8-14(11)20-15/h3-6,8-9,13,20H,7,18H2,1-2H3. The van der Waals surface area contributed by atoms with Gasteiger partial charge in [-0.15, -0.1) is 0 Å². The van der Waals surface area contributed by atoms with Crippen LogP contribution in [0.5, 0.6) is 0 Å². The molecule has 0 saturated heterocycles. The van der Waals surface area contributed by atoms with Crippen molar-refractivity contribution >= 4 is 37.7 Å². The second-order valence-corrected chi connectivity index (χ2v) is 6.59. The van der Waals surface area contributed by atoms with Gasteiger partial charge in [0.1, 0.15) is 0 Å². The second-order valence-electron chi connectivity index (χ2n) is 5.67. The van der Waals surface area contributed by atoms with Gasteiger partial charge in [0.25, 0.3) is 0 Å². The number of rotatable bonds is 3. The number of pyridine rings is 1. The smallest absolute Gasteiger partial charge is 0.0811 e. The van der Waals surface area contributed by atoms with Gasteiger partial charge in [0, 0.05) is 33.0 Å². The third-order valence-electron chi connectivity index (χ3n) is 3.59. The first-order chi connectivity index (χ1) is 9.56. The maximum absolute atomic E-state index is 6.32. The molecule has 0 radical (unpaired) electrons. The molecule has 1 unspecified atom stereocenters. The van der Waals surface area contributed by atoms with Crippen molar-refractivity contribution in [1.29, 1.82) is 0 Å². The molecule has 3 nitrogen and oxygen atoms in total. The van der Waals surface area contributed by atoms with Crippen molar-refractivity contribution in [3.63, 3.8) is 0 Å². The van der Waals surface area contributed by atoms with Crippen molar-refractivity contribution in [3.05, 3.63) is 40.6 Å². The molecule has 4 heteroatoms. The van der Waals surface area contributed by atoms with Crippen LogP contribution in [0.15, 0.2) is 34.9 Å². The summed E-state index contributed by atoms with van der Waals surface area (Å²) in [6.45, 7) is 4.37. The molecule has 0 spiro atoms.